The van der Waals surface area contributed by atoms with Crippen molar-refractivity contribution < 1.29 is 19.4 Å². The van der Waals surface area contributed by atoms with E-state index in [-0.39, 0.29) is 17.5 Å². The van der Waals surface area contributed by atoms with Crippen LogP contribution in [0.5, 0.6) is 0 Å². The highest BCUT2D eigenvalue weighted by atomic mass is 16.5. The van der Waals surface area contributed by atoms with Gasteiger partial charge in [0.15, 0.2) is 0 Å². The number of carbonyl (C=O) groups excluding carboxylic acids is 1. The molecule has 1 aliphatic rings. The molecule has 1 aromatic carbocycles. The average Bonchev–Trinajstić information content (AvgIpc) is 3.25. The standard InChI is InChI=1S/C16H21NO4/c1-10-4-5-11(2)14(16(19)20)13(10)15(18)17(8-9-21-3)12-6-7-12/h4-5,12H,6-9H2,1-3H3,(H,19,20). The second kappa shape index (κ2) is 6.26. The summed E-state index contributed by atoms with van der Waals surface area (Å²) >= 11 is 0. The first-order valence-corrected chi connectivity index (χ1v) is 7.10. The third-order valence-corrected chi connectivity index (χ3v) is 3.83. The van der Waals surface area contributed by atoms with Crippen LogP contribution in [-0.2, 0) is 4.74 Å². The molecule has 1 aromatic rings. The molecule has 0 saturated heterocycles. The van der Waals surface area contributed by atoms with Gasteiger partial charge >= 0.3 is 5.97 Å². The van der Waals surface area contributed by atoms with Crippen molar-refractivity contribution in [3.05, 3.63) is 34.4 Å². The summed E-state index contributed by atoms with van der Waals surface area (Å²) in [5.41, 5.74) is 1.73. The Balaban J connectivity index is 2.41. The van der Waals surface area contributed by atoms with Crippen LogP contribution in [0.15, 0.2) is 12.1 Å². The number of hydrogen-bond acceptors (Lipinski definition) is 3. The van der Waals surface area contributed by atoms with Crippen LogP contribution in [0.4, 0.5) is 0 Å². The van der Waals surface area contributed by atoms with Gasteiger partial charge in [-0.15, -0.1) is 0 Å². The molecule has 1 N–H and O–H groups in total. The van der Waals surface area contributed by atoms with Gasteiger partial charge in [0.05, 0.1) is 17.7 Å². The van der Waals surface area contributed by atoms with Crippen molar-refractivity contribution in [1.82, 2.24) is 4.90 Å². The van der Waals surface area contributed by atoms with Gasteiger partial charge < -0.3 is 14.7 Å². The molecule has 0 spiro atoms. The number of carboxylic acids is 1. The Morgan fingerprint density at radius 2 is 1.81 bits per heavy atom. The van der Waals surface area contributed by atoms with Gasteiger partial charge in [-0.1, -0.05) is 12.1 Å². The molecule has 5 heteroatoms. The van der Waals surface area contributed by atoms with Crippen molar-refractivity contribution in [2.75, 3.05) is 20.3 Å². The van der Waals surface area contributed by atoms with Crippen LogP contribution in [0.2, 0.25) is 0 Å². The predicted molar refractivity (Wildman–Crippen MR) is 78.8 cm³/mol. The molecule has 0 bridgehead atoms. The topological polar surface area (TPSA) is 66.8 Å². The number of ether oxygens (including phenoxy) is 1. The summed E-state index contributed by atoms with van der Waals surface area (Å²) in [6.07, 6.45) is 1.95. The molecule has 2 rings (SSSR count). The molecule has 5 nitrogen and oxygen atoms in total. The number of amides is 1. The molecule has 0 unspecified atom stereocenters. The van der Waals surface area contributed by atoms with Crippen molar-refractivity contribution in [3.63, 3.8) is 0 Å². The summed E-state index contributed by atoms with van der Waals surface area (Å²) < 4.78 is 5.06. The number of carboxylic acid groups (broad SMARTS) is 1. The molecule has 114 valence electrons. The molecule has 0 radical (unpaired) electrons. The zero-order chi connectivity index (χ0) is 15.6. The number of aromatic carboxylic acids is 1. The van der Waals surface area contributed by atoms with Gasteiger partial charge in [0.2, 0.25) is 0 Å². The smallest absolute Gasteiger partial charge is 0.336 e. The zero-order valence-electron chi connectivity index (χ0n) is 12.7. The first-order valence-electron chi connectivity index (χ1n) is 7.10. The van der Waals surface area contributed by atoms with Crippen molar-refractivity contribution >= 4 is 11.9 Å². The Kier molecular flexibility index (Phi) is 4.63. The maximum atomic E-state index is 12.8. The molecule has 0 atom stereocenters. The van der Waals surface area contributed by atoms with Gasteiger partial charge in [-0.2, -0.15) is 0 Å². The van der Waals surface area contributed by atoms with Crippen LogP contribution in [0.25, 0.3) is 0 Å². The fourth-order valence-corrected chi connectivity index (χ4v) is 2.53. The summed E-state index contributed by atoms with van der Waals surface area (Å²) in [4.78, 5) is 26.1. The quantitative estimate of drug-likeness (QED) is 0.873. The van der Waals surface area contributed by atoms with Gasteiger partial charge in [0.25, 0.3) is 5.91 Å². The summed E-state index contributed by atoms with van der Waals surface area (Å²) in [6.45, 7) is 4.44. The highest BCUT2D eigenvalue weighted by molar-refractivity contribution is 6.06. The van der Waals surface area contributed by atoms with Gasteiger partial charge in [-0.05, 0) is 37.8 Å². The van der Waals surface area contributed by atoms with Crippen molar-refractivity contribution in [2.45, 2.75) is 32.7 Å². The molecule has 0 heterocycles. The van der Waals surface area contributed by atoms with E-state index in [1.807, 2.05) is 0 Å². The van der Waals surface area contributed by atoms with E-state index in [9.17, 15) is 14.7 Å². The van der Waals surface area contributed by atoms with Crippen LogP contribution in [0.3, 0.4) is 0 Å². The number of benzene rings is 1. The van der Waals surface area contributed by atoms with Crippen molar-refractivity contribution in [2.24, 2.45) is 0 Å². The monoisotopic (exact) mass is 291 g/mol. The Morgan fingerprint density at radius 3 is 2.29 bits per heavy atom. The lowest BCUT2D eigenvalue weighted by molar-refractivity contribution is 0.0645. The van der Waals surface area contributed by atoms with Gasteiger partial charge in [0, 0.05) is 19.7 Å². The molecule has 0 aliphatic heterocycles. The second-order valence-corrected chi connectivity index (χ2v) is 5.48. The summed E-state index contributed by atoms with van der Waals surface area (Å²) in [6, 6.07) is 3.76. The molecule has 1 aliphatic carbocycles. The lowest BCUT2D eigenvalue weighted by Gasteiger charge is -2.24. The van der Waals surface area contributed by atoms with Crippen LogP contribution >= 0.6 is 0 Å². The van der Waals surface area contributed by atoms with E-state index >= 15 is 0 Å². The fraction of sp³-hybridized carbons (Fsp3) is 0.500. The number of carbonyl (C=O) groups is 2. The minimum absolute atomic E-state index is 0.114. The van der Waals surface area contributed by atoms with E-state index in [4.69, 9.17) is 4.74 Å². The predicted octanol–water partition coefficient (Wildman–Crippen LogP) is 2.25. The molecule has 1 amide bonds. The summed E-state index contributed by atoms with van der Waals surface area (Å²) in [7, 11) is 1.59. The number of nitrogens with zero attached hydrogens (tertiary/aromatic N) is 1. The van der Waals surface area contributed by atoms with Gasteiger partial charge in [-0.25, -0.2) is 4.79 Å². The average molecular weight is 291 g/mol. The third-order valence-electron chi connectivity index (χ3n) is 3.83. The van der Waals surface area contributed by atoms with E-state index in [0.29, 0.717) is 29.8 Å². The first kappa shape index (κ1) is 15.5. The maximum Gasteiger partial charge on any atom is 0.336 e. The van der Waals surface area contributed by atoms with Crippen molar-refractivity contribution in [1.29, 1.82) is 0 Å². The highest BCUT2D eigenvalue weighted by Crippen LogP contribution is 2.30. The highest BCUT2D eigenvalue weighted by Gasteiger charge is 2.35. The van der Waals surface area contributed by atoms with Crippen LogP contribution < -0.4 is 0 Å². The van der Waals surface area contributed by atoms with E-state index in [1.165, 1.54) is 0 Å². The Morgan fingerprint density at radius 1 is 1.24 bits per heavy atom. The van der Waals surface area contributed by atoms with E-state index in [0.717, 1.165) is 12.8 Å². The minimum atomic E-state index is -1.05. The molecule has 1 fully saturated rings. The maximum absolute atomic E-state index is 12.8. The normalized spacial score (nSPS) is 14.0. The zero-order valence-corrected chi connectivity index (χ0v) is 12.7. The van der Waals surface area contributed by atoms with E-state index in [2.05, 4.69) is 0 Å². The van der Waals surface area contributed by atoms with Gasteiger partial charge in [-0.3, -0.25) is 4.79 Å². The molecule has 21 heavy (non-hydrogen) atoms. The van der Waals surface area contributed by atoms with E-state index < -0.39 is 5.97 Å². The number of aryl methyl sites for hydroxylation is 2. The Hall–Kier alpha value is -1.88. The largest absolute Gasteiger partial charge is 0.478 e. The second-order valence-electron chi connectivity index (χ2n) is 5.48. The molecular formula is C16H21NO4. The van der Waals surface area contributed by atoms with Crippen LogP contribution in [0, 0.1) is 13.8 Å². The molecular weight excluding hydrogens is 270 g/mol. The number of hydrogen-bond donors (Lipinski definition) is 1. The Labute approximate surface area is 124 Å². The summed E-state index contributed by atoms with van der Waals surface area (Å²) in [5, 5.41) is 9.44. The van der Waals surface area contributed by atoms with Crippen molar-refractivity contribution in [3.8, 4) is 0 Å². The summed E-state index contributed by atoms with van der Waals surface area (Å²) in [5.74, 6) is -1.25. The van der Waals surface area contributed by atoms with Gasteiger partial charge in [0.1, 0.15) is 0 Å². The fourth-order valence-electron chi connectivity index (χ4n) is 2.53. The lowest BCUT2D eigenvalue weighted by Crippen LogP contribution is -2.37. The first-order chi connectivity index (χ1) is 9.97. The molecule has 1 saturated carbocycles. The van der Waals surface area contributed by atoms with Crippen LogP contribution in [-0.4, -0.2) is 48.2 Å². The number of methoxy groups -OCH3 is 1. The van der Waals surface area contributed by atoms with E-state index in [1.54, 1.807) is 38.0 Å². The molecule has 0 aromatic heterocycles. The van der Waals surface area contributed by atoms with Crippen LogP contribution in [0.1, 0.15) is 44.7 Å². The SMILES string of the molecule is COCCN(C(=O)c1c(C)ccc(C)c1C(=O)O)C1CC1. The minimum Gasteiger partial charge on any atom is -0.478 e. The Bertz CT molecular complexity index is 564. The lowest BCUT2D eigenvalue weighted by atomic mass is 9.96. The third kappa shape index (κ3) is 3.24. The number of rotatable bonds is 6.